The van der Waals surface area contributed by atoms with Gasteiger partial charge in [0.15, 0.2) is 0 Å². The van der Waals surface area contributed by atoms with Gasteiger partial charge in [0.2, 0.25) is 5.91 Å². The zero-order chi connectivity index (χ0) is 11.8. The van der Waals surface area contributed by atoms with Gasteiger partial charge in [0.1, 0.15) is 0 Å². The highest BCUT2D eigenvalue weighted by molar-refractivity contribution is 5.76. The van der Waals surface area contributed by atoms with Gasteiger partial charge in [-0.3, -0.25) is 4.79 Å². The number of carbonyl (C=O) groups excluding carboxylic acids is 1. The van der Waals surface area contributed by atoms with E-state index < -0.39 is 0 Å². The van der Waals surface area contributed by atoms with Gasteiger partial charge in [-0.05, 0) is 31.6 Å². The first kappa shape index (κ1) is 13.5. The zero-order valence-electron chi connectivity index (χ0n) is 10.4. The molecule has 2 unspecified atom stereocenters. The highest BCUT2D eigenvalue weighted by Crippen LogP contribution is 2.26. The average Bonchev–Trinajstić information content (AvgIpc) is 2.29. The third-order valence-corrected chi connectivity index (χ3v) is 3.54. The molecular weight excluding hydrogens is 202 g/mol. The van der Waals surface area contributed by atoms with E-state index in [9.17, 15) is 4.79 Å². The summed E-state index contributed by atoms with van der Waals surface area (Å²) in [4.78, 5) is 11.6. The molecule has 0 heterocycles. The van der Waals surface area contributed by atoms with E-state index in [2.05, 4.69) is 12.2 Å². The van der Waals surface area contributed by atoms with Crippen LogP contribution in [-0.4, -0.2) is 23.7 Å². The van der Waals surface area contributed by atoms with Crippen molar-refractivity contribution in [1.82, 2.24) is 5.32 Å². The monoisotopic (exact) mass is 227 g/mol. The maximum Gasteiger partial charge on any atom is 0.220 e. The van der Waals surface area contributed by atoms with Gasteiger partial charge >= 0.3 is 0 Å². The van der Waals surface area contributed by atoms with Gasteiger partial charge in [0.25, 0.3) is 0 Å². The summed E-state index contributed by atoms with van der Waals surface area (Å²) in [5.74, 6) is 0.965. The second-order valence-electron chi connectivity index (χ2n) is 4.89. The first-order valence-electron chi connectivity index (χ1n) is 6.66. The Labute approximate surface area is 98.6 Å². The third kappa shape index (κ3) is 4.97. The quantitative estimate of drug-likeness (QED) is 0.684. The molecule has 2 N–H and O–H groups in total. The number of carbonyl (C=O) groups is 1. The number of aliphatic hydroxyl groups is 1. The van der Waals surface area contributed by atoms with E-state index in [4.69, 9.17) is 5.11 Å². The summed E-state index contributed by atoms with van der Waals surface area (Å²) in [7, 11) is 0. The Morgan fingerprint density at radius 1 is 1.38 bits per heavy atom. The fourth-order valence-corrected chi connectivity index (χ4v) is 2.49. The van der Waals surface area contributed by atoms with E-state index in [1.807, 2.05) is 0 Å². The third-order valence-electron chi connectivity index (χ3n) is 3.54. The zero-order valence-corrected chi connectivity index (χ0v) is 10.4. The van der Waals surface area contributed by atoms with Crippen LogP contribution in [0, 0.1) is 5.92 Å². The first-order chi connectivity index (χ1) is 7.76. The summed E-state index contributed by atoms with van der Waals surface area (Å²) in [6, 6.07) is 0.403. The van der Waals surface area contributed by atoms with Gasteiger partial charge in [-0.1, -0.05) is 26.2 Å². The predicted molar refractivity (Wildman–Crippen MR) is 65.1 cm³/mol. The van der Waals surface area contributed by atoms with Crippen LogP contribution in [0.3, 0.4) is 0 Å². The van der Waals surface area contributed by atoms with Crippen LogP contribution in [-0.2, 0) is 4.79 Å². The van der Waals surface area contributed by atoms with Crippen molar-refractivity contribution in [1.29, 1.82) is 0 Å². The molecule has 0 spiro atoms. The molecule has 1 saturated carbocycles. The van der Waals surface area contributed by atoms with Gasteiger partial charge in [0, 0.05) is 19.1 Å². The lowest BCUT2D eigenvalue weighted by atomic mass is 9.84. The fourth-order valence-electron chi connectivity index (χ4n) is 2.49. The maximum absolute atomic E-state index is 11.6. The Hall–Kier alpha value is -0.570. The molecule has 0 aromatic carbocycles. The minimum absolute atomic E-state index is 0.162. The minimum Gasteiger partial charge on any atom is -0.396 e. The van der Waals surface area contributed by atoms with Gasteiger partial charge < -0.3 is 10.4 Å². The fraction of sp³-hybridized carbons (Fsp3) is 0.923. The van der Waals surface area contributed by atoms with Crippen molar-refractivity contribution in [3.8, 4) is 0 Å². The van der Waals surface area contributed by atoms with Gasteiger partial charge in [0.05, 0.1) is 0 Å². The van der Waals surface area contributed by atoms with Crippen LogP contribution in [0.5, 0.6) is 0 Å². The van der Waals surface area contributed by atoms with Crippen LogP contribution in [0.4, 0.5) is 0 Å². The Morgan fingerprint density at radius 3 is 2.88 bits per heavy atom. The highest BCUT2D eigenvalue weighted by Gasteiger charge is 2.21. The van der Waals surface area contributed by atoms with Crippen LogP contribution in [0.1, 0.15) is 58.3 Å². The molecule has 0 aromatic rings. The van der Waals surface area contributed by atoms with Crippen LogP contribution >= 0.6 is 0 Å². The molecule has 1 aliphatic rings. The Morgan fingerprint density at radius 2 is 2.19 bits per heavy atom. The summed E-state index contributed by atoms with van der Waals surface area (Å²) >= 11 is 0. The number of amides is 1. The second-order valence-corrected chi connectivity index (χ2v) is 4.89. The van der Waals surface area contributed by atoms with E-state index in [1.54, 1.807) is 0 Å². The van der Waals surface area contributed by atoms with E-state index in [0.717, 1.165) is 31.6 Å². The molecule has 3 nitrogen and oxygen atoms in total. The summed E-state index contributed by atoms with van der Waals surface area (Å²) < 4.78 is 0. The largest absolute Gasteiger partial charge is 0.396 e. The minimum atomic E-state index is 0.162. The van der Waals surface area contributed by atoms with E-state index in [-0.39, 0.29) is 12.5 Å². The van der Waals surface area contributed by atoms with E-state index >= 15 is 0 Å². The summed E-state index contributed by atoms with van der Waals surface area (Å²) in [5.41, 5.74) is 0. The number of hydrogen-bond acceptors (Lipinski definition) is 2. The molecule has 16 heavy (non-hydrogen) atoms. The molecule has 1 fully saturated rings. The standard InChI is InChI=1S/C13H25NO2/c1-2-11-6-5-7-12(10-11)14-13(16)8-3-4-9-15/h11-12,15H,2-10H2,1H3,(H,14,16). The lowest BCUT2D eigenvalue weighted by molar-refractivity contribution is -0.122. The van der Waals surface area contributed by atoms with Gasteiger partial charge in [-0.25, -0.2) is 0 Å². The Kier molecular flexibility index (Phi) is 6.46. The molecule has 2 atom stereocenters. The van der Waals surface area contributed by atoms with Crippen LogP contribution in [0.15, 0.2) is 0 Å². The Bertz CT molecular complexity index is 206. The molecule has 0 radical (unpaired) electrons. The number of hydrogen-bond donors (Lipinski definition) is 2. The number of nitrogens with one attached hydrogen (secondary N) is 1. The van der Waals surface area contributed by atoms with Gasteiger partial charge in [-0.15, -0.1) is 0 Å². The average molecular weight is 227 g/mol. The Balaban J connectivity index is 2.17. The molecule has 1 amide bonds. The van der Waals surface area contributed by atoms with Crippen molar-refractivity contribution < 1.29 is 9.90 Å². The normalized spacial score (nSPS) is 25.4. The number of unbranched alkanes of at least 4 members (excludes halogenated alkanes) is 1. The first-order valence-corrected chi connectivity index (χ1v) is 6.66. The van der Waals surface area contributed by atoms with Crippen LogP contribution < -0.4 is 5.32 Å². The predicted octanol–water partition coefficient (Wildman–Crippen LogP) is 2.23. The number of aliphatic hydroxyl groups excluding tert-OH is 1. The lowest BCUT2D eigenvalue weighted by Gasteiger charge is -2.29. The summed E-state index contributed by atoms with van der Waals surface area (Å²) in [5, 5.41) is 11.8. The van der Waals surface area contributed by atoms with Crippen molar-refractivity contribution >= 4 is 5.91 Å². The maximum atomic E-state index is 11.6. The van der Waals surface area contributed by atoms with Crippen molar-refractivity contribution in [2.24, 2.45) is 5.92 Å². The molecule has 3 heteroatoms. The topological polar surface area (TPSA) is 49.3 Å². The SMILES string of the molecule is CCC1CCCC(NC(=O)CCCCO)C1. The summed E-state index contributed by atoms with van der Waals surface area (Å²) in [6.07, 6.45) is 8.20. The molecule has 1 aliphatic carbocycles. The molecule has 94 valence electrons. The van der Waals surface area contributed by atoms with Crippen molar-refractivity contribution in [2.75, 3.05) is 6.61 Å². The lowest BCUT2D eigenvalue weighted by Crippen LogP contribution is -2.38. The number of rotatable bonds is 6. The van der Waals surface area contributed by atoms with Crippen LogP contribution in [0.25, 0.3) is 0 Å². The molecule has 0 bridgehead atoms. The van der Waals surface area contributed by atoms with Gasteiger partial charge in [-0.2, -0.15) is 0 Å². The van der Waals surface area contributed by atoms with Crippen molar-refractivity contribution in [3.05, 3.63) is 0 Å². The van der Waals surface area contributed by atoms with E-state index in [1.165, 1.54) is 19.3 Å². The van der Waals surface area contributed by atoms with E-state index in [0.29, 0.717) is 12.5 Å². The molecule has 0 saturated heterocycles. The van der Waals surface area contributed by atoms with Crippen molar-refractivity contribution in [2.45, 2.75) is 64.3 Å². The second kappa shape index (κ2) is 7.66. The summed E-state index contributed by atoms with van der Waals surface area (Å²) in [6.45, 7) is 2.42. The molecule has 0 aromatic heterocycles. The highest BCUT2D eigenvalue weighted by atomic mass is 16.2. The van der Waals surface area contributed by atoms with Crippen molar-refractivity contribution in [3.63, 3.8) is 0 Å². The smallest absolute Gasteiger partial charge is 0.220 e. The molecular formula is C13H25NO2. The molecule has 1 rings (SSSR count). The molecule has 0 aliphatic heterocycles. The van der Waals surface area contributed by atoms with Crippen LogP contribution in [0.2, 0.25) is 0 Å².